The molecule has 5 aromatic rings. The average molecular weight is 660 g/mol. The fourth-order valence-corrected chi connectivity index (χ4v) is 7.22. The lowest BCUT2D eigenvalue weighted by Gasteiger charge is -2.15. The zero-order valence-electron chi connectivity index (χ0n) is 25.2. The van der Waals surface area contributed by atoms with Gasteiger partial charge in [0.2, 0.25) is 5.95 Å². The first-order valence-corrected chi connectivity index (χ1v) is 17.4. The van der Waals surface area contributed by atoms with Crippen LogP contribution in [0.15, 0.2) is 90.0 Å². The Bertz CT molecular complexity index is 1900. The molecule has 10 nitrogen and oxygen atoms in total. The maximum absolute atomic E-state index is 14.9. The Labute approximate surface area is 271 Å². The van der Waals surface area contributed by atoms with E-state index >= 15 is 0 Å². The molecule has 3 N–H and O–H groups in total. The van der Waals surface area contributed by atoms with Crippen LogP contribution in [0.25, 0.3) is 21.8 Å². The molecule has 0 spiro atoms. The molecule has 1 saturated heterocycles. The van der Waals surface area contributed by atoms with E-state index in [-0.39, 0.29) is 16.6 Å². The van der Waals surface area contributed by atoms with Crippen molar-refractivity contribution >= 4 is 43.8 Å². The number of nitrogens with zero attached hydrogens (tertiary/aromatic N) is 4. The predicted molar refractivity (Wildman–Crippen MR) is 181 cm³/mol. The largest absolute Gasteiger partial charge is 0.489 e. The summed E-state index contributed by atoms with van der Waals surface area (Å²) in [5, 5.41) is 7.04. The molecular formula is C33H34FN7O3S2. The zero-order valence-corrected chi connectivity index (χ0v) is 26.9. The summed E-state index contributed by atoms with van der Waals surface area (Å²) in [6.45, 7) is 6.00. The van der Waals surface area contributed by atoms with Gasteiger partial charge >= 0.3 is 0 Å². The third-order valence-electron chi connectivity index (χ3n) is 7.34. The molecule has 13 heteroatoms. The molecule has 0 bridgehead atoms. The van der Waals surface area contributed by atoms with Crippen LogP contribution in [0, 0.1) is 5.82 Å². The van der Waals surface area contributed by atoms with E-state index in [0.717, 1.165) is 24.5 Å². The second-order valence-corrected chi connectivity index (χ2v) is 13.3. The molecule has 46 heavy (non-hydrogen) atoms. The van der Waals surface area contributed by atoms with Gasteiger partial charge < -0.3 is 15.4 Å². The summed E-state index contributed by atoms with van der Waals surface area (Å²) in [4.78, 5) is 17.1. The highest BCUT2D eigenvalue weighted by Crippen LogP contribution is 2.39. The van der Waals surface area contributed by atoms with Crippen LogP contribution in [0.5, 0.6) is 5.75 Å². The summed E-state index contributed by atoms with van der Waals surface area (Å²) in [6.07, 6.45) is 4.02. The van der Waals surface area contributed by atoms with Crippen molar-refractivity contribution in [2.75, 3.05) is 48.1 Å². The lowest BCUT2D eigenvalue weighted by molar-refractivity contribution is 0.231. The fraction of sp³-hybridized carbons (Fsp3) is 0.242. The fourth-order valence-electron chi connectivity index (χ4n) is 5.12. The van der Waals surface area contributed by atoms with Gasteiger partial charge in [-0.25, -0.2) is 27.8 Å². The maximum Gasteiger partial charge on any atom is 0.261 e. The van der Waals surface area contributed by atoms with Gasteiger partial charge in [0.1, 0.15) is 6.61 Å². The molecular weight excluding hydrogens is 626 g/mol. The highest BCUT2D eigenvalue weighted by Gasteiger charge is 2.19. The first kappa shape index (κ1) is 31.4. The lowest BCUT2D eigenvalue weighted by Crippen LogP contribution is -2.25. The van der Waals surface area contributed by atoms with Crippen LogP contribution in [0.4, 0.5) is 26.8 Å². The van der Waals surface area contributed by atoms with E-state index < -0.39 is 15.8 Å². The van der Waals surface area contributed by atoms with Crippen LogP contribution in [0.3, 0.4) is 0 Å². The highest BCUT2D eigenvalue weighted by molar-refractivity contribution is 7.92. The van der Waals surface area contributed by atoms with Crippen molar-refractivity contribution in [3.63, 3.8) is 0 Å². The number of ether oxygens (including phenoxy) is 1. The zero-order chi connectivity index (χ0) is 31.9. The molecule has 0 unspecified atom stereocenters. The van der Waals surface area contributed by atoms with Crippen LogP contribution < -0.4 is 20.1 Å². The molecule has 1 aliphatic rings. The van der Waals surface area contributed by atoms with Crippen LogP contribution in [0.2, 0.25) is 0 Å². The van der Waals surface area contributed by atoms with Crippen LogP contribution in [-0.2, 0) is 10.0 Å². The smallest absolute Gasteiger partial charge is 0.261 e. The number of thiazole rings is 1. The van der Waals surface area contributed by atoms with Gasteiger partial charge in [-0.2, -0.15) is 0 Å². The number of anilines is 4. The number of halogens is 1. The monoisotopic (exact) mass is 659 g/mol. The maximum atomic E-state index is 14.9. The minimum Gasteiger partial charge on any atom is -0.489 e. The number of hydrogen-bond donors (Lipinski definition) is 3. The summed E-state index contributed by atoms with van der Waals surface area (Å²) in [5.74, 6) is 0.0247. The van der Waals surface area contributed by atoms with E-state index in [1.807, 2.05) is 13.0 Å². The number of rotatable bonds is 13. The first-order chi connectivity index (χ1) is 22.4. The van der Waals surface area contributed by atoms with E-state index in [2.05, 4.69) is 25.2 Å². The molecule has 0 saturated carbocycles. The second kappa shape index (κ2) is 14.2. The van der Waals surface area contributed by atoms with E-state index in [1.165, 1.54) is 30.2 Å². The molecule has 1 fully saturated rings. The van der Waals surface area contributed by atoms with Crippen LogP contribution in [-0.4, -0.2) is 61.1 Å². The van der Waals surface area contributed by atoms with Crippen molar-refractivity contribution in [2.45, 2.75) is 24.7 Å². The molecule has 0 aliphatic carbocycles. The van der Waals surface area contributed by atoms with Gasteiger partial charge in [0, 0.05) is 42.3 Å². The Morgan fingerprint density at radius 3 is 2.57 bits per heavy atom. The summed E-state index contributed by atoms with van der Waals surface area (Å²) in [5.41, 5.74) is 2.83. The van der Waals surface area contributed by atoms with E-state index in [1.54, 1.807) is 72.9 Å². The van der Waals surface area contributed by atoms with Crippen molar-refractivity contribution in [3.05, 3.63) is 90.9 Å². The quantitative estimate of drug-likeness (QED) is 0.125. The normalized spacial score (nSPS) is 13.4. The van der Waals surface area contributed by atoms with Gasteiger partial charge in [-0.1, -0.05) is 41.7 Å². The molecule has 0 amide bonds. The van der Waals surface area contributed by atoms with Gasteiger partial charge in [0.15, 0.2) is 16.7 Å². The number of benzene rings is 3. The topological polar surface area (TPSA) is 121 Å². The van der Waals surface area contributed by atoms with E-state index in [9.17, 15) is 12.8 Å². The Morgan fingerprint density at radius 1 is 0.957 bits per heavy atom. The molecule has 0 radical (unpaired) electrons. The molecule has 3 aromatic carbocycles. The first-order valence-electron chi connectivity index (χ1n) is 15.1. The number of nitrogens with one attached hydrogen (secondary N) is 3. The molecule has 1 aliphatic heterocycles. The van der Waals surface area contributed by atoms with Crippen molar-refractivity contribution in [1.29, 1.82) is 0 Å². The minimum absolute atomic E-state index is 0.171. The number of sulfonamides is 1. The van der Waals surface area contributed by atoms with Gasteiger partial charge in [-0.15, -0.1) is 0 Å². The SMILES string of the molecule is CCNc1nc(-c2cccc(NS(=O)(=O)c3ccccc3)c2)c(-c2ccnc(Nc3ccc(OCCN4CCCC4)c(F)c3)n2)s1. The predicted octanol–water partition coefficient (Wildman–Crippen LogP) is 6.86. The lowest BCUT2D eigenvalue weighted by atomic mass is 10.1. The van der Waals surface area contributed by atoms with Gasteiger partial charge in [-0.05, 0) is 75.3 Å². The van der Waals surface area contributed by atoms with Crippen LogP contribution in [0.1, 0.15) is 19.8 Å². The number of aromatic nitrogens is 3. The average Bonchev–Trinajstić information content (AvgIpc) is 3.73. The molecule has 6 rings (SSSR count). The van der Waals surface area contributed by atoms with Crippen LogP contribution >= 0.6 is 11.3 Å². The molecule has 3 heterocycles. The Kier molecular flexibility index (Phi) is 9.71. The van der Waals surface area contributed by atoms with Gasteiger partial charge in [0.05, 0.1) is 21.2 Å². The minimum atomic E-state index is -3.77. The molecule has 2 aromatic heterocycles. The summed E-state index contributed by atoms with van der Waals surface area (Å²) in [6, 6.07) is 21.8. The third kappa shape index (κ3) is 7.61. The number of hydrogen-bond acceptors (Lipinski definition) is 10. The highest BCUT2D eigenvalue weighted by atomic mass is 32.2. The van der Waals surface area contributed by atoms with E-state index in [4.69, 9.17) is 14.7 Å². The molecule has 238 valence electrons. The third-order valence-corrected chi connectivity index (χ3v) is 9.77. The number of likely N-dealkylation sites (tertiary alicyclic amines) is 1. The second-order valence-electron chi connectivity index (χ2n) is 10.7. The molecule has 0 atom stereocenters. The van der Waals surface area contributed by atoms with Crippen molar-refractivity contribution in [3.8, 4) is 27.6 Å². The summed E-state index contributed by atoms with van der Waals surface area (Å²) < 4.78 is 49.1. The van der Waals surface area contributed by atoms with Crippen molar-refractivity contribution in [2.24, 2.45) is 0 Å². The van der Waals surface area contributed by atoms with Crippen molar-refractivity contribution in [1.82, 2.24) is 19.9 Å². The Balaban J connectivity index is 1.22. The Morgan fingerprint density at radius 2 is 1.78 bits per heavy atom. The van der Waals surface area contributed by atoms with Gasteiger partial charge in [-0.3, -0.25) is 9.62 Å². The van der Waals surface area contributed by atoms with Gasteiger partial charge in [0.25, 0.3) is 10.0 Å². The van der Waals surface area contributed by atoms with Crippen molar-refractivity contribution < 1.29 is 17.5 Å². The summed E-state index contributed by atoms with van der Waals surface area (Å²) >= 11 is 1.42. The Hall–Kier alpha value is -4.59. The van der Waals surface area contributed by atoms with E-state index in [0.29, 0.717) is 46.6 Å². The standard InChI is InChI=1S/C33H34FN7O3S2/c1-2-35-33-39-30(23-9-8-10-25(21-23)40-46(42,43)26-11-4-3-5-12-26)31(45-33)28-15-16-36-32(38-28)37-24-13-14-29(27(34)22-24)44-20-19-41-17-6-7-18-41/h3-5,8-16,21-22,40H,2,6-7,17-20H2,1H3,(H,35,39)(H,36,37,38). The summed E-state index contributed by atoms with van der Waals surface area (Å²) in [7, 11) is -3.77.